The van der Waals surface area contributed by atoms with E-state index in [0.29, 0.717) is 11.6 Å². The molecule has 1 aromatic carbocycles. The maximum absolute atomic E-state index is 10.9. The Kier molecular flexibility index (Phi) is 4.20. The second kappa shape index (κ2) is 6.27. The van der Waals surface area contributed by atoms with E-state index in [2.05, 4.69) is 10.3 Å². The van der Waals surface area contributed by atoms with E-state index < -0.39 is 5.97 Å². The number of carboxylic acid groups (broad SMARTS) is 1. The molecule has 0 atom stereocenters. The Labute approximate surface area is 128 Å². The van der Waals surface area contributed by atoms with Crippen LogP contribution in [0.25, 0.3) is 5.69 Å². The summed E-state index contributed by atoms with van der Waals surface area (Å²) in [5.41, 5.74) is 2.60. The molecule has 2 N–H and O–H groups in total. The highest BCUT2D eigenvalue weighted by Gasteiger charge is 2.24. The Bertz CT molecular complexity index is 658. The van der Waals surface area contributed by atoms with Gasteiger partial charge in [0, 0.05) is 5.92 Å². The van der Waals surface area contributed by atoms with Crippen molar-refractivity contribution in [2.75, 3.05) is 0 Å². The maximum atomic E-state index is 10.9. The molecule has 22 heavy (non-hydrogen) atoms. The Hall–Kier alpha value is -2.21. The highest BCUT2D eigenvalue weighted by atomic mass is 16.4. The molecule has 0 aliphatic heterocycles. The zero-order valence-corrected chi connectivity index (χ0v) is 12.3. The number of aliphatic hydroxyl groups is 1. The van der Waals surface area contributed by atoms with Crippen LogP contribution in [0.5, 0.6) is 0 Å². The zero-order chi connectivity index (χ0) is 15.5. The van der Waals surface area contributed by atoms with E-state index in [1.165, 1.54) is 19.3 Å². The molecule has 6 heteroatoms. The van der Waals surface area contributed by atoms with Gasteiger partial charge in [0.2, 0.25) is 0 Å². The summed E-state index contributed by atoms with van der Waals surface area (Å²) >= 11 is 0. The van der Waals surface area contributed by atoms with Crippen LogP contribution in [0.1, 0.15) is 59.8 Å². The molecule has 1 heterocycles. The van der Waals surface area contributed by atoms with Gasteiger partial charge >= 0.3 is 5.97 Å². The number of aromatic nitrogens is 3. The first-order valence-electron chi connectivity index (χ1n) is 7.59. The molecule has 1 saturated carbocycles. The van der Waals surface area contributed by atoms with Crippen molar-refractivity contribution in [3.05, 3.63) is 41.2 Å². The van der Waals surface area contributed by atoms with Crippen molar-refractivity contribution in [3.63, 3.8) is 0 Å². The Morgan fingerprint density at radius 2 is 1.86 bits per heavy atom. The van der Waals surface area contributed by atoms with Gasteiger partial charge in [-0.05, 0) is 37.1 Å². The van der Waals surface area contributed by atoms with Crippen molar-refractivity contribution in [1.29, 1.82) is 0 Å². The monoisotopic (exact) mass is 301 g/mol. The molecule has 6 nitrogen and oxygen atoms in total. The topological polar surface area (TPSA) is 88.2 Å². The third-order valence-electron chi connectivity index (χ3n) is 4.28. The molecule has 0 unspecified atom stereocenters. The molecular formula is C16H19N3O3. The number of rotatable bonds is 4. The summed E-state index contributed by atoms with van der Waals surface area (Å²) in [7, 11) is 0. The second-order valence-electron chi connectivity index (χ2n) is 5.68. The molecule has 1 aliphatic carbocycles. The number of hydrogen-bond donors (Lipinski definition) is 2. The molecule has 3 rings (SSSR count). The van der Waals surface area contributed by atoms with Gasteiger partial charge in [0.05, 0.1) is 23.6 Å². The first-order chi connectivity index (χ1) is 10.7. The summed E-state index contributed by atoms with van der Waals surface area (Å²) in [4.78, 5) is 10.9. The summed E-state index contributed by atoms with van der Waals surface area (Å²) in [5, 5.41) is 26.8. The van der Waals surface area contributed by atoms with E-state index in [4.69, 9.17) is 5.11 Å². The smallest absolute Gasteiger partial charge is 0.335 e. The molecule has 0 radical (unpaired) electrons. The standard InChI is InChI=1S/C16H19N3O3/c20-10-14-15(11-4-2-1-3-5-11)19(18-17-14)13-8-6-12(7-9-13)16(21)22/h6-9,11,20H,1-5,10H2,(H,21,22). The Morgan fingerprint density at radius 3 is 2.45 bits per heavy atom. The third kappa shape index (κ3) is 2.74. The average molecular weight is 301 g/mol. The van der Waals surface area contributed by atoms with Crippen LogP contribution < -0.4 is 0 Å². The molecule has 0 spiro atoms. The van der Waals surface area contributed by atoms with Crippen molar-refractivity contribution in [3.8, 4) is 5.69 Å². The predicted molar refractivity (Wildman–Crippen MR) is 80.1 cm³/mol. The molecule has 116 valence electrons. The van der Waals surface area contributed by atoms with Gasteiger partial charge in [-0.2, -0.15) is 0 Å². The maximum Gasteiger partial charge on any atom is 0.335 e. The van der Waals surface area contributed by atoms with Crippen molar-refractivity contribution in [2.24, 2.45) is 0 Å². The number of carboxylic acids is 1. The summed E-state index contributed by atoms with van der Waals surface area (Å²) in [5.74, 6) is -0.598. The minimum absolute atomic E-state index is 0.126. The number of carbonyl (C=O) groups is 1. The lowest BCUT2D eigenvalue weighted by Crippen LogP contribution is -2.13. The molecule has 1 fully saturated rings. The average Bonchev–Trinajstić information content (AvgIpc) is 2.99. The highest BCUT2D eigenvalue weighted by molar-refractivity contribution is 5.87. The molecule has 2 aromatic rings. The van der Waals surface area contributed by atoms with Gasteiger partial charge in [0.1, 0.15) is 5.69 Å². The largest absolute Gasteiger partial charge is 0.478 e. The van der Waals surface area contributed by atoms with Gasteiger partial charge in [0.15, 0.2) is 0 Å². The van der Waals surface area contributed by atoms with Crippen molar-refractivity contribution >= 4 is 5.97 Å². The molecule has 0 bridgehead atoms. The van der Waals surface area contributed by atoms with E-state index in [9.17, 15) is 9.90 Å². The van der Waals surface area contributed by atoms with Gasteiger partial charge in [-0.1, -0.05) is 24.5 Å². The normalized spacial score (nSPS) is 15.9. The summed E-state index contributed by atoms with van der Waals surface area (Å²) in [6, 6.07) is 6.57. The van der Waals surface area contributed by atoms with Gasteiger partial charge in [-0.25, -0.2) is 9.48 Å². The van der Waals surface area contributed by atoms with Crippen LogP contribution in [0, 0.1) is 0 Å². The minimum atomic E-state index is -0.950. The zero-order valence-electron chi connectivity index (χ0n) is 12.3. The van der Waals surface area contributed by atoms with Crippen LogP contribution in [0.15, 0.2) is 24.3 Å². The van der Waals surface area contributed by atoms with Crippen LogP contribution in [-0.4, -0.2) is 31.2 Å². The molecular weight excluding hydrogens is 282 g/mol. The van der Waals surface area contributed by atoms with E-state index in [1.807, 2.05) is 0 Å². The van der Waals surface area contributed by atoms with Crippen LogP contribution in [0.4, 0.5) is 0 Å². The van der Waals surface area contributed by atoms with Gasteiger partial charge in [-0.15, -0.1) is 5.10 Å². The molecule has 0 saturated heterocycles. The fourth-order valence-corrected chi connectivity index (χ4v) is 3.15. The van der Waals surface area contributed by atoms with Crippen LogP contribution in [0.3, 0.4) is 0 Å². The van der Waals surface area contributed by atoms with E-state index >= 15 is 0 Å². The lowest BCUT2D eigenvalue weighted by molar-refractivity contribution is 0.0697. The summed E-state index contributed by atoms with van der Waals surface area (Å²) in [6.07, 6.45) is 5.76. The van der Waals surface area contributed by atoms with Crippen LogP contribution in [0.2, 0.25) is 0 Å². The van der Waals surface area contributed by atoms with Crippen LogP contribution in [-0.2, 0) is 6.61 Å². The van der Waals surface area contributed by atoms with Gasteiger partial charge in [-0.3, -0.25) is 0 Å². The lowest BCUT2D eigenvalue weighted by Gasteiger charge is -2.23. The first kappa shape index (κ1) is 14.7. The van der Waals surface area contributed by atoms with Gasteiger partial charge < -0.3 is 10.2 Å². The van der Waals surface area contributed by atoms with Crippen LogP contribution >= 0.6 is 0 Å². The van der Waals surface area contributed by atoms with E-state index in [1.54, 1.807) is 28.9 Å². The number of nitrogens with zero attached hydrogens (tertiary/aromatic N) is 3. The van der Waals surface area contributed by atoms with E-state index in [-0.39, 0.29) is 12.2 Å². The fourth-order valence-electron chi connectivity index (χ4n) is 3.15. The number of benzene rings is 1. The number of hydrogen-bond acceptors (Lipinski definition) is 4. The first-order valence-corrected chi connectivity index (χ1v) is 7.59. The minimum Gasteiger partial charge on any atom is -0.478 e. The van der Waals surface area contributed by atoms with Crippen molar-refractivity contribution < 1.29 is 15.0 Å². The highest BCUT2D eigenvalue weighted by Crippen LogP contribution is 2.34. The Morgan fingerprint density at radius 1 is 1.18 bits per heavy atom. The molecule has 1 aromatic heterocycles. The quantitative estimate of drug-likeness (QED) is 0.906. The van der Waals surface area contributed by atoms with Crippen molar-refractivity contribution in [1.82, 2.24) is 15.0 Å². The predicted octanol–water partition coefficient (Wildman–Crippen LogP) is 2.51. The second-order valence-corrected chi connectivity index (χ2v) is 5.68. The Balaban J connectivity index is 1.99. The summed E-state index contributed by atoms with van der Waals surface area (Å²) < 4.78 is 1.74. The lowest BCUT2D eigenvalue weighted by atomic mass is 9.86. The summed E-state index contributed by atoms with van der Waals surface area (Å²) in [6.45, 7) is -0.126. The molecule has 1 aliphatic rings. The van der Waals surface area contributed by atoms with Crippen molar-refractivity contribution in [2.45, 2.75) is 44.6 Å². The molecule has 0 amide bonds. The number of aromatic carboxylic acids is 1. The fraction of sp³-hybridized carbons (Fsp3) is 0.438. The van der Waals surface area contributed by atoms with E-state index in [0.717, 1.165) is 24.2 Å². The third-order valence-corrected chi connectivity index (χ3v) is 4.28. The SMILES string of the molecule is O=C(O)c1ccc(-n2nnc(CO)c2C2CCCCC2)cc1. The van der Waals surface area contributed by atoms with Gasteiger partial charge in [0.25, 0.3) is 0 Å². The number of aliphatic hydroxyl groups excluding tert-OH is 1.